The topological polar surface area (TPSA) is 21.3 Å². The summed E-state index contributed by atoms with van der Waals surface area (Å²) < 4.78 is 5.68. The monoisotopic (exact) mass is 213 g/mol. The Morgan fingerprint density at radius 2 is 2.20 bits per heavy atom. The van der Waals surface area contributed by atoms with E-state index in [9.17, 15) is 0 Å². The lowest BCUT2D eigenvalue weighted by Crippen LogP contribution is -2.42. The molecule has 2 nitrogen and oxygen atoms in total. The van der Waals surface area contributed by atoms with Crippen LogP contribution in [0.3, 0.4) is 0 Å². The van der Waals surface area contributed by atoms with Crippen LogP contribution in [-0.2, 0) is 4.74 Å². The fraction of sp³-hybridized carbons (Fsp3) is 1.00. The van der Waals surface area contributed by atoms with Crippen LogP contribution in [0.1, 0.15) is 59.3 Å². The number of hydrogen-bond acceptors (Lipinski definition) is 2. The standard InChI is InChI=1S/C13H27NO/c1-4-6-7-11(3)14-12-8-9-15-13(5-2)10-12/h11-14H,4-10H2,1-3H3. The van der Waals surface area contributed by atoms with E-state index < -0.39 is 0 Å². The molecule has 1 aliphatic rings. The molecule has 3 atom stereocenters. The summed E-state index contributed by atoms with van der Waals surface area (Å²) in [4.78, 5) is 0. The zero-order valence-corrected chi connectivity index (χ0v) is 10.6. The zero-order valence-electron chi connectivity index (χ0n) is 10.6. The molecule has 0 aliphatic carbocycles. The first-order chi connectivity index (χ1) is 7.26. The van der Waals surface area contributed by atoms with Crippen molar-refractivity contribution in [3.63, 3.8) is 0 Å². The Balaban J connectivity index is 2.19. The Morgan fingerprint density at radius 3 is 2.87 bits per heavy atom. The van der Waals surface area contributed by atoms with Gasteiger partial charge < -0.3 is 10.1 Å². The molecule has 0 saturated carbocycles. The second kappa shape index (κ2) is 7.24. The van der Waals surface area contributed by atoms with Crippen molar-refractivity contribution in [3.05, 3.63) is 0 Å². The molecule has 3 unspecified atom stereocenters. The average molecular weight is 213 g/mol. The van der Waals surface area contributed by atoms with E-state index in [-0.39, 0.29) is 0 Å². The highest BCUT2D eigenvalue weighted by Gasteiger charge is 2.21. The van der Waals surface area contributed by atoms with Gasteiger partial charge in [-0.3, -0.25) is 0 Å². The van der Waals surface area contributed by atoms with E-state index in [0.717, 1.165) is 13.0 Å². The predicted octanol–water partition coefficient (Wildman–Crippen LogP) is 3.11. The molecule has 1 fully saturated rings. The van der Waals surface area contributed by atoms with Gasteiger partial charge in [0.05, 0.1) is 6.10 Å². The highest BCUT2D eigenvalue weighted by atomic mass is 16.5. The van der Waals surface area contributed by atoms with Crippen LogP contribution in [0.15, 0.2) is 0 Å². The van der Waals surface area contributed by atoms with E-state index in [0.29, 0.717) is 18.2 Å². The Kier molecular flexibility index (Phi) is 6.26. The summed E-state index contributed by atoms with van der Waals surface area (Å²) in [6.07, 6.45) is 7.99. The van der Waals surface area contributed by atoms with E-state index >= 15 is 0 Å². The highest BCUT2D eigenvalue weighted by molar-refractivity contribution is 4.78. The minimum absolute atomic E-state index is 0.495. The van der Waals surface area contributed by atoms with Crippen molar-refractivity contribution in [2.75, 3.05) is 6.61 Å². The van der Waals surface area contributed by atoms with Gasteiger partial charge in [-0.15, -0.1) is 0 Å². The maximum atomic E-state index is 5.68. The van der Waals surface area contributed by atoms with E-state index in [4.69, 9.17) is 4.74 Å². The lowest BCUT2D eigenvalue weighted by molar-refractivity contribution is -0.00177. The third kappa shape index (κ3) is 4.98. The third-order valence-corrected chi connectivity index (χ3v) is 3.33. The first-order valence-electron chi connectivity index (χ1n) is 6.63. The molecular formula is C13H27NO. The Bertz CT molecular complexity index is 161. The van der Waals surface area contributed by atoms with Gasteiger partial charge in [-0.1, -0.05) is 26.7 Å². The van der Waals surface area contributed by atoms with Gasteiger partial charge in [0.25, 0.3) is 0 Å². The lowest BCUT2D eigenvalue weighted by atomic mass is 10.00. The molecule has 90 valence electrons. The van der Waals surface area contributed by atoms with Crippen molar-refractivity contribution in [1.29, 1.82) is 0 Å². The van der Waals surface area contributed by atoms with Gasteiger partial charge in [0, 0.05) is 18.7 Å². The van der Waals surface area contributed by atoms with Crippen LogP contribution in [0.25, 0.3) is 0 Å². The smallest absolute Gasteiger partial charge is 0.0587 e. The second-order valence-corrected chi connectivity index (χ2v) is 4.83. The van der Waals surface area contributed by atoms with Crippen LogP contribution in [0.2, 0.25) is 0 Å². The van der Waals surface area contributed by atoms with Crippen LogP contribution in [-0.4, -0.2) is 24.8 Å². The summed E-state index contributed by atoms with van der Waals surface area (Å²) in [6, 6.07) is 1.36. The van der Waals surface area contributed by atoms with Crippen LogP contribution >= 0.6 is 0 Å². The first kappa shape index (κ1) is 13.0. The summed E-state index contributed by atoms with van der Waals surface area (Å²) in [6.45, 7) is 7.73. The maximum absolute atomic E-state index is 5.68. The van der Waals surface area contributed by atoms with Gasteiger partial charge in [0.15, 0.2) is 0 Å². The molecular weight excluding hydrogens is 186 g/mol. The maximum Gasteiger partial charge on any atom is 0.0587 e. The second-order valence-electron chi connectivity index (χ2n) is 4.83. The van der Waals surface area contributed by atoms with Crippen molar-refractivity contribution < 1.29 is 4.74 Å². The molecule has 0 amide bonds. The number of nitrogens with one attached hydrogen (secondary N) is 1. The predicted molar refractivity (Wildman–Crippen MR) is 65.2 cm³/mol. The molecule has 15 heavy (non-hydrogen) atoms. The zero-order chi connectivity index (χ0) is 11.1. The highest BCUT2D eigenvalue weighted by Crippen LogP contribution is 2.17. The minimum Gasteiger partial charge on any atom is -0.378 e. The summed E-state index contributed by atoms with van der Waals surface area (Å²) in [5, 5.41) is 3.74. The van der Waals surface area contributed by atoms with Crippen LogP contribution in [0.4, 0.5) is 0 Å². The molecule has 1 rings (SSSR count). The summed E-state index contributed by atoms with van der Waals surface area (Å²) >= 11 is 0. The van der Waals surface area contributed by atoms with E-state index in [2.05, 4.69) is 26.1 Å². The molecule has 0 radical (unpaired) electrons. The van der Waals surface area contributed by atoms with Crippen molar-refractivity contribution in [2.45, 2.75) is 77.5 Å². The number of rotatable bonds is 6. The van der Waals surface area contributed by atoms with Gasteiger partial charge in [0.1, 0.15) is 0 Å². The van der Waals surface area contributed by atoms with Crippen molar-refractivity contribution in [1.82, 2.24) is 5.32 Å². The molecule has 1 heterocycles. The number of hydrogen-bond donors (Lipinski definition) is 1. The van der Waals surface area contributed by atoms with E-state index in [1.807, 2.05) is 0 Å². The number of ether oxygens (including phenoxy) is 1. The molecule has 1 saturated heterocycles. The lowest BCUT2D eigenvalue weighted by Gasteiger charge is -2.31. The fourth-order valence-electron chi connectivity index (χ4n) is 2.31. The van der Waals surface area contributed by atoms with Gasteiger partial charge in [-0.05, 0) is 32.6 Å². The SMILES string of the molecule is CCCCC(C)NC1CCOC(CC)C1. The molecule has 1 N–H and O–H groups in total. The molecule has 2 heteroatoms. The molecule has 0 bridgehead atoms. The third-order valence-electron chi connectivity index (χ3n) is 3.33. The van der Waals surface area contributed by atoms with Crippen LogP contribution in [0, 0.1) is 0 Å². The Hall–Kier alpha value is -0.0800. The summed E-state index contributed by atoms with van der Waals surface area (Å²) in [5.41, 5.74) is 0. The number of unbranched alkanes of at least 4 members (excludes halogenated alkanes) is 1. The molecule has 1 aliphatic heterocycles. The quantitative estimate of drug-likeness (QED) is 0.732. The van der Waals surface area contributed by atoms with Crippen molar-refractivity contribution in [2.24, 2.45) is 0 Å². The molecule has 0 spiro atoms. The largest absolute Gasteiger partial charge is 0.378 e. The van der Waals surface area contributed by atoms with Crippen molar-refractivity contribution in [3.8, 4) is 0 Å². The normalized spacial score (nSPS) is 29.0. The van der Waals surface area contributed by atoms with E-state index in [1.54, 1.807) is 0 Å². The van der Waals surface area contributed by atoms with Gasteiger partial charge in [-0.25, -0.2) is 0 Å². The van der Waals surface area contributed by atoms with E-state index in [1.165, 1.54) is 32.1 Å². The first-order valence-corrected chi connectivity index (χ1v) is 6.63. The molecule has 0 aromatic heterocycles. The average Bonchev–Trinajstić information content (AvgIpc) is 2.26. The molecule has 0 aromatic carbocycles. The van der Waals surface area contributed by atoms with Gasteiger partial charge in [0.2, 0.25) is 0 Å². The van der Waals surface area contributed by atoms with Crippen molar-refractivity contribution >= 4 is 0 Å². The Labute approximate surface area is 94.8 Å². The summed E-state index contributed by atoms with van der Waals surface area (Å²) in [5.74, 6) is 0. The van der Waals surface area contributed by atoms with Crippen LogP contribution in [0.5, 0.6) is 0 Å². The Morgan fingerprint density at radius 1 is 1.40 bits per heavy atom. The summed E-state index contributed by atoms with van der Waals surface area (Å²) in [7, 11) is 0. The van der Waals surface area contributed by atoms with Gasteiger partial charge in [-0.2, -0.15) is 0 Å². The van der Waals surface area contributed by atoms with Crippen LogP contribution < -0.4 is 5.32 Å². The van der Waals surface area contributed by atoms with Gasteiger partial charge >= 0.3 is 0 Å². The minimum atomic E-state index is 0.495. The molecule has 0 aromatic rings. The fourth-order valence-corrected chi connectivity index (χ4v) is 2.31.